The molecule has 4 aromatic rings. The maximum atomic E-state index is 13.0. The van der Waals surface area contributed by atoms with Gasteiger partial charge >= 0.3 is 0 Å². The molecule has 1 aliphatic rings. The Morgan fingerprint density at radius 3 is 2.83 bits per heavy atom. The lowest BCUT2D eigenvalue weighted by Crippen LogP contribution is -2.31. The van der Waals surface area contributed by atoms with Crippen LogP contribution in [-0.4, -0.2) is 75.5 Å². The highest BCUT2D eigenvalue weighted by atomic mass is 32.2. The van der Waals surface area contributed by atoms with Crippen molar-refractivity contribution in [2.24, 2.45) is 0 Å². The maximum absolute atomic E-state index is 13.0. The molecule has 188 valence electrons. The Morgan fingerprint density at radius 1 is 1.25 bits per heavy atom. The summed E-state index contributed by atoms with van der Waals surface area (Å²) in [5, 5.41) is 11.2. The van der Waals surface area contributed by atoms with E-state index in [4.69, 9.17) is 0 Å². The van der Waals surface area contributed by atoms with Crippen molar-refractivity contribution in [3.8, 4) is 22.6 Å². The second kappa shape index (κ2) is 9.47. The Hall–Kier alpha value is -3.57. The fourth-order valence-electron chi connectivity index (χ4n) is 4.64. The van der Waals surface area contributed by atoms with Crippen LogP contribution in [-0.2, 0) is 16.4 Å². The highest BCUT2D eigenvalue weighted by molar-refractivity contribution is 7.91. The maximum Gasteiger partial charge on any atom is 0.271 e. The summed E-state index contributed by atoms with van der Waals surface area (Å²) < 4.78 is 23.7. The Kier molecular flexibility index (Phi) is 6.35. The summed E-state index contributed by atoms with van der Waals surface area (Å²) in [5.41, 5.74) is 6.14. The van der Waals surface area contributed by atoms with E-state index in [0.717, 1.165) is 40.7 Å². The molecule has 3 N–H and O–H groups in total. The molecule has 1 amide bonds. The van der Waals surface area contributed by atoms with Gasteiger partial charge in [0.1, 0.15) is 11.4 Å². The van der Waals surface area contributed by atoms with E-state index in [0.29, 0.717) is 30.2 Å². The third-order valence-electron chi connectivity index (χ3n) is 6.83. The minimum Gasteiger partial charge on any atom is -0.336 e. The smallest absolute Gasteiger partial charge is 0.271 e. The predicted molar refractivity (Wildman–Crippen MR) is 138 cm³/mol. The van der Waals surface area contributed by atoms with Gasteiger partial charge < -0.3 is 15.2 Å². The highest BCUT2D eigenvalue weighted by Gasteiger charge is 2.33. The molecule has 0 saturated carbocycles. The number of aromatic nitrogens is 5. The molecule has 1 aromatic carbocycles. The number of carbonyl (C=O) groups excluding carboxylic acids is 1. The van der Waals surface area contributed by atoms with Crippen LogP contribution >= 0.6 is 0 Å². The van der Waals surface area contributed by atoms with Crippen molar-refractivity contribution in [1.82, 2.24) is 35.4 Å². The van der Waals surface area contributed by atoms with E-state index < -0.39 is 15.1 Å². The van der Waals surface area contributed by atoms with Gasteiger partial charge in [-0.1, -0.05) is 13.0 Å². The number of fused-ring (bicyclic) bond motifs is 1. The first-order chi connectivity index (χ1) is 17.3. The Bertz CT molecular complexity index is 1540. The van der Waals surface area contributed by atoms with Gasteiger partial charge in [0.25, 0.3) is 5.91 Å². The molecule has 0 spiro atoms. The molecule has 1 aliphatic heterocycles. The van der Waals surface area contributed by atoms with E-state index in [2.05, 4.69) is 50.4 Å². The number of pyridine rings is 1. The van der Waals surface area contributed by atoms with Crippen LogP contribution in [0.5, 0.6) is 0 Å². The van der Waals surface area contributed by atoms with Crippen molar-refractivity contribution >= 4 is 26.6 Å². The van der Waals surface area contributed by atoms with Gasteiger partial charge in [-0.05, 0) is 48.7 Å². The summed E-state index contributed by atoms with van der Waals surface area (Å²) >= 11 is 0. The summed E-state index contributed by atoms with van der Waals surface area (Å²) in [5.74, 6) is 0.205. The first-order valence-corrected chi connectivity index (χ1v) is 13.9. The first kappa shape index (κ1) is 24.1. The van der Waals surface area contributed by atoms with Crippen molar-refractivity contribution in [3.05, 3.63) is 53.6 Å². The van der Waals surface area contributed by atoms with Gasteiger partial charge in [-0.2, -0.15) is 5.10 Å². The standard InChI is InChI=1S/C25H29N7O3S/c1-4-26-10-17-11-27-12-20(15(17)2)16-5-6-21-19(9-16)23(31-30-21)24-28-13-22(29-24)25(33)32-8-7-18(14-32)36(3,34)35/h5-6,9,11-13,18,26H,4,7-8,10,14H2,1-3H3,(H,28,29)(H,30,31). The average Bonchev–Trinajstić information content (AvgIpc) is 3.61. The molecule has 0 radical (unpaired) electrons. The van der Waals surface area contributed by atoms with Gasteiger partial charge in [-0.15, -0.1) is 0 Å². The molecular weight excluding hydrogens is 478 g/mol. The van der Waals surface area contributed by atoms with Crippen LogP contribution in [0.2, 0.25) is 0 Å². The predicted octanol–water partition coefficient (Wildman–Crippen LogP) is 2.69. The summed E-state index contributed by atoms with van der Waals surface area (Å²) in [6, 6.07) is 6.06. The van der Waals surface area contributed by atoms with E-state index in [1.807, 2.05) is 24.5 Å². The minimum atomic E-state index is -3.19. The number of imidazole rings is 1. The van der Waals surface area contributed by atoms with Gasteiger partial charge in [0, 0.05) is 49.2 Å². The normalized spacial score (nSPS) is 16.2. The van der Waals surface area contributed by atoms with Crippen molar-refractivity contribution < 1.29 is 13.2 Å². The van der Waals surface area contributed by atoms with Crippen molar-refractivity contribution in [1.29, 1.82) is 0 Å². The third-order valence-corrected chi connectivity index (χ3v) is 8.42. The third kappa shape index (κ3) is 4.51. The lowest BCUT2D eigenvalue weighted by Gasteiger charge is -2.14. The number of carbonyl (C=O) groups is 1. The molecule has 3 aromatic heterocycles. The van der Waals surface area contributed by atoms with Gasteiger partial charge in [0.15, 0.2) is 15.7 Å². The zero-order chi connectivity index (χ0) is 25.4. The van der Waals surface area contributed by atoms with Crippen molar-refractivity contribution in [3.63, 3.8) is 0 Å². The number of hydrogen-bond donors (Lipinski definition) is 3. The molecule has 5 rings (SSSR count). The molecule has 4 heterocycles. The van der Waals surface area contributed by atoms with Gasteiger partial charge in [0.05, 0.1) is 17.0 Å². The van der Waals surface area contributed by atoms with E-state index in [9.17, 15) is 13.2 Å². The largest absolute Gasteiger partial charge is 0.336 e. The summed E-state index contributed by atoms with van der Waals surface area (Å²) in [7, 11) is -3.19. The number of likely N-dealkylation sites (tertiary alicyclic amines) is 1. The molecule has 11 heteroatoms. The van der Waals surface area contributed by atoms with Gasteiger partial charge in [0.2, 0.25) is 0 Å². The Balaban J connectivity index is 1.44. The number of aromatic amines is 2. The van der Waals surface area contributed by atoms with Crippen LogP contribution in [0, 0.1) is 6.92 Å². The summed E-state index contributed by atoms with van der Waals surface area (Å²) in [6.07, 6.45) is 6.90. The molecule has 0 bridgehead atoms. The minimum absolute atomic E-state index is 0.195. The van der Waals surface area contributed by atoms with Crippen LogP contribution in [0.1, 0.15) is 35.0 Å². The number of rotatable bonds is 7. The van der Waals surface area contributed by atoms with Crippen LogP contribution in [0.4, 0.5) is 0 Å². The quantitative estimate of drug-likeness (QED) is 0.350. The number of amides is 1. The van der Waals surface area contributed by atoms with Crippen molar-refractivity contribution in [2.75, 3.05) is 25.9 Å². The molecule has 1 saturated heterocycles. The fourth-order valence-corrected chi connectivity index (χ4v) is 5.63. The second-order valence-electron chi connectivity index (χ2n) is 9.22. The number of benzene rings is 1. The molecule has 1 unspecified atom stereocenters. The topological polar surface area (TPSA) is 137 Å². The highest BCUT2D eigenvalue weighted by Crippen LogP contribution is 2.31. The number of hydrogen-bond acceptors (Lipinski definition) is 7. The van der Waals surface area contributed by atoms with Crippen LogP contribution in [0.25, 0.3) is 33.5 Å². The molecule has 1 atom stereocenters. The Morgan fingerprint density at radius 2 is 2.08 bits per heavy atom. The monoisotopic (exact) mass is 507 g/mol. The molecule has 1 fully saturated rings. The van der Waals surface area contributed by atoms with E-state index in [1.165, 1.54) is 18.0 Å². The molecule has 36 heavy (non-hydrogen) atoms. The number of nitrogens with zero attached hydrogens (tertiary/aromatic N) is 4. The number of H-pyrrole nitrogens is 2. The molecule has 10 nitrogen and oxygen atoms in total. The number of sulfone groups is 1. The van der Waals surface area contributed by atoms with E-state index in [1.54, 1.807) is 4.90 Å². The van der Waals surface area contributed by atoms with Crippen LogP contribution in [0.15, 0.2) is 36.8 Å². The van der Waals surface area contributed by atoms with E-state index in [-0.39, 0.29) is 12.5 Å². The molecule has 0 aliphatic carbocycles. The lowest BCUT2D eigenvalue weighted by atomic mass is 9.98. The lowest BCUT2D eigenvalue weighted by molar-refractivity contribution is 0.0788. The summed E-state index contributed by atoms with van der Waals surface area (Å²) in [4.78, 5) is 26.5. The first-order valence-electron chi connectivity index (χ1n) is 11.9. The number of nitrogens with one attached hydrogen (secondary N) is 3. The molecular formula is C25H29N7O3S. The van der Waals surface area contributed by atoms with E-state index >= 15 is 0 Å². The second-order valence-corrected chi connectivity index (χ2v) is 11.5. The SMILES string of the molecule is CCNCc1cncc(-c2ccc3[nH]nc(-c4ncc(C(=O)N5CCC(S(C)(=O)=O)C5)[nH]4)c3c2)c1C. The fraction of sp³-hybridized carbons (Fsp3) is 0.360. The van der Waals surface area contributed by atoms with Crippen molar-refractivity contribution in [2.45, 2.75) is 32.1 Å². The van der Waals surface area contributed by atoms with Gasteiger partial charge in [-0.3, -0.25) is 14.9 Å². The summed E-state index contributed by atoms with van der Waals surface area (Å²) in [6.45, 7) is 6.42. The Labute approximate surface area is 209 Å². The average molecular weight is 508 g/mol. The van der Waals surface area contributed by atoms with Crippen LogP contribution in [0.3, 0.4) is 0 Å². The zero-order valence-electron chi connectivity index (χ0n) is 20.5. The van der Waals surface area contributed by atoms with Crippen LogP contribution < -0.4 is 5.32 Å². The van der Waals surface area contributed by atoms with Gasteiger partial charge in [-0.25, -0.2) is 13.4 Å². The zero-order valence-corrected chi connectivity index (χ0v) is 21.3.